The molecule has 4 N–H and O–H groups in total. The Balaban J connectivity index is 1.94. The maximum atomic E-state index is 12.3. The third kappa shape index (κ3) is 3.13. The van der Waals surface area contributed by atoms with E-state index < -0.39 is 36.0 Å². The number of ether oxygens (including phenoxy) is 1. The van der Waals surface area contributed by atoms with Gasteiger partial charge in [0.25, 0.3) is 0 Å². The molecule has 2 aliphatic rings. The highest BCUT2D eigenvalue weighted by Crippen LogP contribution is 2.46. The molecule has 5 atom stereocenters. The molecule has 2 aliphatic carbocycles. The van der Waals surface area contributed by atoms with E-state index in [9.17, 15) is 19.8 Å². The van der Waals surface area contributed by atoms with Gasteiger partial charge in [-0.1, -0.05) is 19.9 Å². The number of fused-ring (bicyclic) bond motifs is 1. The molecule has 26 heavy (non-hydrogen) atoms. The number of carbonyl (C=O) groups excluding carboxylic acids is 1. The Bertz CT molecular complexity index is 774. The largest absolute Gasteiger partial charge is 0.461 e. The second-order valence-corrected chi connectivity index (χ2v) is 6.98. The van der Waals surface area contributed by atoms with Crippen LogP contribution in [0.4, 0.5) is 5.82 Å². The van der Waals surface area contributed by atoms with Crippen LogP contribution in [0.15, 0.2) is 28.7 Å². The SMILES string of the molecule is CC(C)C(=O)OC1CCC=C2C1C(O)C(O)C2n1ccc(NO)nc1=O. The highest BCUT2D eigenvalue weighted by atomic mass is 16.5. The third-order valence-electron chi connectivity index (χ3n) is 4.98. The molecular formula is C17H23N3O6. The molecule has 0 aromatic carbocycles. The van der Waals surface area contributed by atoms with E-state index in [4.69, 9.17) is 9.94 Å². The predicted molar refractivity (Wildman–Crippen MR) is 90.5 cm³/mol. The fourth-order valence-electron chi connectivity index (χ4n) is 3.71. The lowest BCUT2D eigenvalue weighted by Gasteiger charge is -2.31. The summed E-state index contributed by atoms with van der Waals surface area (Å²) in [4.78, 5) is 27.9. The Labute approximate surface area is 149 Å². The van der Waals surface area contributed by atoms with Crippen molar-refractivity contribution in [2.45, 2.75) is 51.0 Å². The van der Waals surface area contributed by atoms with Crippen LogP contribution in [0.5, 0.6) is 0 Å². The normalized spacial score (nSPS) is 30.7. The summed E-state index contributed by atoms with van der Waals surface area (Å²) in [6, 6.07) is 0.580. The first-order chi connectivity index (χ1) is 12.3. The first-order valence-corrected chi connectivity index (χ1v) is 8.61. The van der Waals surface area contributed by atoms with Crippen molar-refractivity contribution in [3.63, 3.8) is 0 Å². The van der Waals surface area contributed by atoms with Crippen molar-refractivity contribution in [3.05, 3.63) is 34.4 Å². The Morgan fingerprint density at radius 1 is 1.38 bits per heavy atom. The van der Waals surface area contributed by atoms with Crippen molar-refractivity contribution in [1.29, 1.82) is 0 Å². The number of carbonyl (C=O) groups is 1. The van der Waals surface area contributed by atoms with Crippen molar-refractivity contribution < 1.29 is 25.0 Å². The van der Waals surface area contributed by atoms with Gasteiger partial charge in [-0.25, -0.2) is 4.79 Å². The molecule has 0 aliphatic heterocycles. The Hall–Kier alpha value is -2.23. The van der Waals surface area contributed by atoms with Crippen LogP contribution in [-0.2, 0) is 9.53 Å². The highest BCUT2D eigenvalue weighted by Gasteiger charge is 2.52. The molecule has 1 aromatic heterocycles. The van der Waals surface area contributed by atoms with Gasteiger partial charge in [0.15, 0.2) is 5.82 Å². The second kappa shape index (κ2) is 7.18. The van der Waals surface area contributed by atoms with Crippen molar-refractivity contribution in [3.8, 4) is 0 Å². The van der Waals surface area contributed by atoms with Gasteiger partial charge >= 0.3 is 11.7 Å². The number of aromatic nitrogens is 2. The summed E-state index contributed by atoms with van der Waals surface area (Å²) in [5, 5.41) is 30.0. The lowest BCUT2D eigenvalue weighted by molar-refractivity contribution is -0.158. The van der Waals surface area contributed by atoms with Gasteiger partial charge < -0.3 is 14.9 Å². The van der Waals surface area contributed by atoms with E-state index in [0.29, 0.717) is 18.4 Å². The summed E-state index contributed by atoms with van der Waals surface area (Å²) < 4.78 is 6.75. The summed E-state index contributed by atoms with van der Waals surface area (Å²) in [7, 11) is 0. The molecule has 0 bridgehead atoms. The van der Waals surface area contributed by atoms with Crippen molar-refractivity contribution >= 4 is 11.8 Å². The number of hydrogen-bond donors (Lipinski definition) is 4. The lowest BCUT2D eigenvalue weighted by atomic mass is 9.85. The molecule has 142 valence electrons. The number of aliphatic hydroxyl groups is 2. The number of hydrogen-bond acceptors (Lipinski definition) is 8. The summed E-state index contributed by atoms with van der Waals surface area (Å²) in [6.45, 7) is 3.46. The molecular weight excluding hydrogens is 342 g/mol. The van der Waals surface area contributed by atoms with Crippen LogP contribution in [0.3, 0.4) is 0 Å². The average Bonchev–Trinajstić information content (AvgIpc) is 2.87. The quantitative estimate of drug-likeness (QED) is 0.338. The third-order valence-corrected chi connectivity index (χ3v) is 4.98. The molecule has 1 aromatic rings. The Morgan fingerprint density at radius 2 is 2.12 bits per heavy atom. The van der Waals surface area contributed by atoms with Gasteiger partial charge in [0.05, 0.1) is 18.1 Å². The molecule has 9 heteroatoms. The molecule has 9 nitrogen and oxygen atoms in total. The average molecular weight is 365 g/mol. The number of aliphatic hydroxyl groups excluding tert-OH is 2. The fourth-order valence-corrected chi connectivity index (χ4v) is 3.71. The van der Waals surface area contributed by atoms with Crippen LogP contribution in [-0.4, -0.2) is 49.3 Å². The van der Waals surface area contributed by atoms with Gasteiger partial charge in [-0.05, 0) is 24.5 Å². The van der Waals surface area contributed by atoms with Crippen molar-refractivity contribution in [1.82, 2.24) is 9.55 Å². The zero-order valence-corrected chi connectivity index (χ0v) is 14.6. The number of rotatable bonds is 4. The van der Waals surface area contributed by atoms with Crippen LogP contribution >= 0.6 is 0 Å². The zero-order valence-electron chi connectivity index (χ0n) is 14.6. The van der Waals surface area contributed by atoms with E-state index in [2.05, 4.69) is 4.98 Å². The number of allylic oxidation sites excluding steroid dienone is 1. The first kappa shape index (κ1) is 18.6. The van der Waals surface area contributed by atoms with Crippen LogP contribution in [0.25, 0.3) is 0 Å². The monoisotopic (exact) mass is 365 g/mol. The standard InChI is InChI=1S/C17H23N3O6/c1-8(2)16(23)26-10-5-3-4-9-12(10)14(21)15(22)13(9)20-7-6-11(19-25)18-17(20)24/h4,6-8,10,12-15,21-22,25H,3,5H2,1-2H3,(H,18,19,24). The Morgan fingerprint density at radius 3 is 2.73 bits per heavy atom. The maximum Gasteiger partial charge on any atom is 0.350 e. The van der Waals surface area contributed by atoms with E-state index in [0.717, 1.165) is 0 Å². The predicted octanol–water partition coefficient (Wildman–Crippen LogP) is 0.225. The van der Waals surface area contributed by atoms with Crippen molar-refractivity contribution in [2.75, 3.05) is 5.48 Å². The summed E-state index contributed by atoms with van der Waals surface area (Å²) in [5.41, 5.74) is 1.77. The number of nitrogens with zero attached hydrogens (tertiary/aromatic N) is 2. The molecule has 1 heterocycles. The van der Waals surface area contributed by atoms with Gasteiger partial charge in [0.2, 0.25) is 0 Å². The lowest BCUT2D eigenvalue weighted by Crippen LogP contribution is -2.38. The molecule has 3 rings (SSSR count). The summed E-state index contributed by atoms with van der Waals surface area (Å²) >= 11 is 0. The molecule has 1 fully saturated rings. The van der Waals surface area contributed by atoms with Crippen molar-refractivity contribution in [2.24, 2.45) is 11.8 Å². The van der Waals surface area contributed by atoms with E-state index in [1.165, 1.54) is 16.8 Å². The summed E-state index contributed by atoms with van der Waals surface area (Å²) in [6.07, 6.45) is 1.46. The zero-order chi connectivity index (χ0) is 19.0. The van der Waals surface area contributed by atoms with Gasteiger partial charge in [-0.3, -0.25) is 20.0 Å². The number of anilines is 1. The number of nitrogens with one attached hydrogen (secondary N) is 1. The van der Waals surface area contributed by atoms with E-state index in [-0.39, 0.29) is 17.7 Å². The first-order valence-electron chi connectivity index (χ1n) is 8.61. The van der Waals surface area contributed by atoms with Gasteiger partial charge in [0.1, 0.15) is 12.2 Å². The minimum atomic E-state index is -1.24. The molecule has 0 saturated heterocycles. The van der Waals surface area contributed by atoms with E-state index >= 15 is 0 Å². The van der Waals surface area contributed by atoms with Gasteiger partial charge in [-0.15, -0.1) is 0 Å². The molecule has 0 amide bonds. The number of esters is 1. The summed E-state index contributed by atoms with van der Waals surface area (Å²) in [5.74, 6) is -1.25. The second-order valence-electron chi connectivity index (χ2n) is 6.98. The van der Waals surface area contributed by atoms with Crippen LogP contribution < -0.4 is 11.2 Å². The molecule has 0 spiro atoms. The molecule has 0 radical (unpaired) electrons. The molecule has 5 unspecified atom stereocenters. The van der Waals surface area contributed by atoms with Crippen LogP contribution in [0.2, 0.25) is 0 Å². The van der Waals surface area contributed by atoms with Crippen LogP contribution in [0, 0.1) is 11.8 Å². The smallest absolute Gasteiger partial charge is 0.350 e. The Kier molecular flexibility index (Phi) is 5.12. The van der Waals surface area contributed by atoms with Gasteiger partial charge in [0, 0.05) is 12.1 Å². The minimum Gasteiger partial charge on any atom is -0.461 e. The fraction of sp³-hybridized carbons (Fsp3) is 0.588. The van der Waals surface area contributed by atoms with E-state index in [1.807, 2.05) is 6.08 Å². The van der Waals surface area contributed by atoms with E-state index in [1.54, 1.807) is 19.3 Å². The topological polar surface area (TPSA) is 134 Å². The van der Waals surface area contributed by atoms with Gasteiger partial charge in [-0.2, -0.15) is 4.98 Å². The molecule has 1 saturated carbocycles. The minimum absolute atomic E-state index is 0.0165. The maximum absolute atomic E-state index is 12.3. The highest BCUT2D eigenvalue weighted by molar-refractivity contribution is 5.71. The van der Waals surface area contributed by atoms with Crippen LogP contribution in [0.1, 0.15) is 32.7 Å².